The minimum absolute atomic E-state index is 0.110. The first-order valence-corrected chi connectivity index (χ1v) is 23.6. The highest BCUT2D eigenvalue weighted by Gasteiger charge is 2.24. The van der Waals surface area contributed by atoms with Crippen molar-refractivity contribution < 1.29 is 105 Å². The van der Waals surface area contributed by atoms with Gasteiger partial charge in [-0.25, -0.2) is 110 Å². The van der Waals surface area contributed by atoms with Crippen molar-refractivity contribution in [2.24, 2.45) is 14.1 Å². The molecule has 3 nitrogen and oxygen atoms in total. The van der Waals surface area contributed by atoms with Gasteiger partial charge in [0.15, 0.2) is 87.3 Å². The van der Waals surface area contributed by atoms with E-state index in [-0.39, 0.29) is 38.9 Å². The maximum absolute atomic E-state index is 13.1. The van der Waals surface area contributed by atoms with Crippen molar-refractivity contribution >= 4 is 21.9 Å². The van der Waals surface area contributed by atoms with Crippen LogP contribution in [0.5, 0.6) is 0 Å². The summed E-state index contributed by atoms with van der Waals surface area (Å²) in [6, 6.07) is 16.4. The van der Waals surface area contributed by atoms with Crippen molar-refractivity contribution in [3.05, 3.63) is 277 Å². The summed E-state index contributed by atoms with van der Waals surface area (Å²) in [4.78, 5) is 3.78. The van der Waals surface area contributed by atoms with Gasteiger partial charge >= 0.3 is 0 Å². The number of aromatic nitrogens is 3. The van der Waals surface area contributed by atoms with Gasteiger partial charge in [0.1, 0.15) is 52.1 Å². The van der Waals surface area contributed by atoms with Gasteiger partial charge in [0, 0.05) is 67.1 Å². The zero-order valence-corrected chi connectivity index (χ0v) is 45.2. The van der Waals surface area contributed by atoms with Gasteiger partial charge in [0.25, 0.3) is 0 Å². The Labute approximate surface area is 472 Å². The van der Waals surface area contributed by atoms with Crippen molar-refractivity contribution in [3.8, 4) is 0 Å². The molecule has 0 saturated carbocycles. The zero-order chi connectivity index (χ0) is 65.5. The van der Waals surface area contributed by atoms with E-state index in [0.29, 0.717) is 35.3 Å². The standard InChI is InChI=1S/C9H5F4N.C8H6F2N2.C7H3F5.C7H4F4.2C7H5F3.C7H6F2.C7H7F/c1-14-3-2-4-5(10)6(11)7(12)8(13)9(4)14;1-12-4-11-8-6(10)2-5(9)3-7(8)12;1-2-3(8)5(10)7(12)6(11)4(2)9;1-3-2-4(8)6(10)7(11)5(3)9;1-4-6(9)2-5(8)3-7(4)10;1-4-2-6(9)7(10)3-5(4)8;1-5-2-3-6(8)4-7(5)9;1-6-2-4-7(8)5-3-6/h2-3H,1H3;2-4H,1H3;1H3;2H,1H3;2*2-3H,1H3;2-4H,1H3;2-5H,1H3. The summed E-state index contributed by atoms with van der Waals surface area (Å²) in [6.45, 7) is 8.12. The monoisotopic (exact) mass is 1250 g/mol. The molecule has 0 amide bonds. The number of halogens is 24. The first-order valence-electron chi connectivity index (χ1n) is 23.6. The van der Waals surface area contributed by atoms with E-state index >= 15 is 0 Å². The van der Waals surface area contributed by atoms with Crippen LogP contribution in [0, 0.1) is 181 Å². The molecule has 0 aliphatic rings. The number of imidazole rings is 1. The Bertz CT molecular complexity index is 3760. The second kappa shape index (κ2) is 31.3. The Hall–Kier alpha value is -8.91. The summed E-state index contributed by atoms with van der Waals surface area (Å²) in [7, 11) is 3.11. The number of fused-ring (bicyclic) bond motifs is 2. The molecule has 0 bridgehead atoms. The van der Waals surface area contributed by atoms with Gasteiger partial charge in [-0.3, -0.25) is 0 Å². The SMILES string of the molecule is Cc1c(F)c(F)c(F)c(F)c1F.Cc1c(F)cc(F)cc1F.Cc1cc(F)c(F)c(F)c1F.Cc1cc(F)c(F)cc1F.Cc1ccc(F)cc1.Cc1ccc(F)cc1F.Cn1ccc2c(F)c(F)c(F)c(F)c21.Cn1cnc2c(F)cc(F)cc21. The number of hydrogen-bond acceptors (Lipinski definition) is 1. The number of nitrogens with zero attached hydrogens (tertiary/aromatic N) is 3. The van der Waals surface area contributed by atoms with Crippen LogP contribution in [0.3, 0.4) is 0 Å². The summed E-state index contributed by atoms with van der Waals surface area (Å²) in [5, 5.41) is -0.260. The quantitative estimate of drug-likeness (QED) is 0.0843. The van der Waals surface area contributed by atoms with E-state index in [9.17, 15) is 105 Å². The van der Waals surface area contributed by atoms with Crippen LogP contribution in [-0.2, 0) is 14.1 Å². The van der Waals surface area contributed by atoms with Crippen LogP contribution in [-0.4, -0.2) is 14.1 Å². The molecule has 0 aliphatic carbocycles. The second-order valence-electron chi connectivity index (χ2n) is 17.6. The van der Waals surface area contributed by atoms with Gasteiger partial charge in [-0.2, -0.15) is 0 Å². The molecule has 0 fully saturated rings. The normalized spacial score (nSPS) is 10.3. The Morgan fingerprint density at radius 2 is 0.721 bits per heavy atom. The van der Waals surface area contributed by atoms with Crippen molar-refractivity contribution in [1.82, 2.24) is 14.1 Å². The molecular weight excluding hydrogens is 1210 g/mol. The fraction of sp³-hybridized carbons (Fsp3) is 0.136. The molecule has 8 aromatic carbocycles. The van der Waals surface area contributed by atoms with E-state index in [1.54, 1.807) is 30.7 Å². The third kappa shape index (κ3) is 18.8. The summed E-state index contributed by atoms with van der Waals surface area (Å²) >= 11 is 0. The van der Waals surface area contributed by atoms with E-state index in [2.05, 4.69) is 4.98 Å². The molecule has 460 valence electrons. The van der Waals surface area contributed by atoms with Crippen LogP contribution in [0.1, 0.15) is 33.4 Å². The maximum Gasteiger partial charge on any atom is 0.200 e. The molecule has 0 N–H and O–H groups in total. The molecule has 2 heterocycles. The molecule has 0 aliphatic heterocycles. The van der Waals surface area contributed by atoms with Crippen LogP contribution >= 0.6 is 0 Å². The van der Waals surface area contributed by atoms with Crippen LogP contribution in [0.15, 0.2) is 104 Å². The fourth-order valence-corrected chi connectivity index (χ4v) is 6.29. The fourth-order valence-electron chi connectivity index (χ4n) is 6.29. The molecule has 0 atom stereocenters. The third-order valence-corrected chi connectivity index (χ3v) is 11.1. The van der Waals surface area contributed by atoms with Gasteiger partial charge in [0.05, 0.1) is 17.4 Å². The summed E-state index contributed by atoms with van der Waals surface area (Å²) in [6.07, 6.45) is 2.78. The highest BCUT2D eigenvalue weighted by molar-refractivity contribution is 5.81. The molecule has 10 aromatic rings. The molecule has 0 saturated heterocycles. The predicted octanol–water partition coefficient (Wildman–Crippen LogP) is 19.1. The van der Waals surface area contributed by atoms with E-state index < -0.39 is 139 Å². The van der Waals surface area contributed by atoms with Crippen LogP contribution < -0.4 is 0 Å². The largest absolute Gasteiger partial charge is 0.348 e. The van der Waals surface area contributed by atoms with Crippen molar-refractivity contribution in [3.63, 3.8) is 0 Å². The van der Waals surface area contributed by atoms with Gasteiger partial charge in [-0.1, -0.05) is 23.8 Å². The van der Waals surface area contributed by atoms with Crippen LogP contribution in [0.4, 0.5) is 105 Å². The average molecular weight is 1250 g/mol. The lowest BCUT2D eigenvalue weighted by Crippen LogP contribution is -2.03. The third-order valence-electron chi connectivity index (χ3n) is 11.1. The number of benzene rings is 8. The topological polar surface area (TPSA) is 22.8 Å². The van der Waals surface area contributed by atoms with Gasteiger partial charge < -0.3 is 9.13 Å². The van der Waals surface area contributed by atoms with Crippen LogP contribution in [0.25, 0.3) is 21.9 Å². The van der Waals surface area contributed by atoms with Crippen LogP contribution in [0.2, 0.25) is 0 Å². The van der Waals surface area contributed by atoms with Gasteiger partial charge in [-0.15, -0.1) is 0 Å². The summed E-state index contributed by atoms with van der Waals surface area (Å²) < 4.78 is 301. The molecular formula is C59H41F24N3. The van der Waals surface area contributed by atoms with E-state index in [4.69, 9.17) is 0 Å². The first kappa shape index (κ1) is 71.4. The molecule has 0 radical (unpaired) electrons. The molecule has 0 unspecified atom stereocenters. The Balaban J connectivity index is 0.000000259. The maximum atomic E-state index is 13.1. The van der Waals surface area contributed by atoms with Gasteiger partial charge in [-0.05, 0) is 101 Å². The zero-order valence-electron chi connectivity index (χ0n) is 45.2. The van der Waals surface area contributed by atoms with Crippen molar-refractivity contribution in [2.45, 2.75) is 41.5 Å². The summed E-state index contributed by atoms with van der Waals surface area (Å²) in [5.74, 6) is -29.9. The lowest BCUT2D eigenvalue weighted by Gasteiger charge is -2.02. The minimum Gasteiger partial charge on any atom is -0.348 e. The van der Waals surface area contributed by atoms with Crippen molar-refractivity contribution in [2.75, 3.05) is 0 Å². The molecule has 27 heteroatoms. The summed E-state index contributed by atoms with van der Waals surface area (Å²) in [5.41, 5.74) is 0.795. The minimum atomic E-state index is -2.13. The Kier molecular flexibility index (Phi) is 26.0. The number of aryl methyl sites for hydroxylation is 6. The first-order chi connectivity index (χ1) is 39.9. The predicted molar refractivity (Wildman–Crippen MR) is 270 cm³/mol. The van der Waals surface area contributed by atoms with Gasteiger partial charge in [0.2, 0.25) is 5.82 Å². The highest BCUT2D eigenvalue weighted by Crippen LogP contribution is 2.27. The lowest BCUT2D eigenvalue weighted by molar-refractivity contribution is 0.373. The van der Waals surface area contributed by atoms with E-state index in [1.165, 1.54) is 74.4 Å². The second-order valence-corrected chi connectivity index (χ2v) is 17.6. The van der Waals surface area contributed by atoms with E-state index in [0.717, 1.165) is 37.6 Å². The number of rotatable bonds is 0. The number of hydrogen-bond donors (Lipinski definition) is 0. The molecule has 86 heavy (non-hydrogen) atoms. The Morgan fingerprint density at radius 1 is 0.291 bits per heavy atom. The smallest absolute Gasteiger partial charge is 0.200 e. The van der Waals surface area contributed by atoms with Crippen molar-refractivity contribution in [1.29, 1.82) is 0 Å². The highest BCUT2D eigenvalue weighted by atomic mass is 19.2. The van der Waals surface area contributed by atoms with E-state index in [1.807, 2.05) is 6.92 Å². The average Bonchev–Trinajstić information content (AvgIpc) is 1.92. The lowest BCUT2D eigenvalue weighted by atomic mass is 10.2. The molecule has 0 spiro atoms. The molecule has 2 aromatic heterocycles. The Morgan fingerprint density at radius 3 is 1.23 bits per heavy atom. The molecule has 10 rings (SSSR count).